The van der Waals surface area contributed by atoms with Crippen LogP contribution in [0.1, 0.15) is 12.8 Å². The first kappa shape index (κ1) is 15.3. The molecule has 8 heteroatoms. The SMILES string of the molecule is N[C@@H]1CN(c2ncc(-c3ccc(-c4cn[nH]c4)cc3O)nn2)CC12CC2. The van der Waals surface area contributed by atoms with Crippen LogP contribution in [0.5, 0.6) is 5.75 Å². The Bertz CT molecular complexity index is 935. The molecule has 1 atom stereocenters. The number of phenolic OH excluding ortho intramolecular Hbond substituents is 1. The molecule has 26 heavy (non-hydrogen) atoms. The normalized spacial score (nSPS) is 20.7. The van der Waals surface area contributed by atoms with E-state index in [1.165, 1.54) is 12.8 Å². The molecular weight excluding hydrogens is 330 g/mol. The predicted octanol–water partition coefficient (Wildman–Crippen LogP) is 1.56. The van der Waals surface area contributed by atoms with E-state index in [1.54, 1.807) is 24.7 Å². The first-order chi connectivity index (χ1) is 12.6. The number of aromatic nitrogens is 5. The van der Waals surface area contributed by atoms with Crippen LogP contribution in [0.2, 0.25) is 0 Å². The van der Waals surface area contributed by atoms with Gasteiger partial charge >= 0.3 is 0 Å². The number of aromatic amines is 1. The molecule has 1 saturated carbocycles. The van der Waals surface area contributed by atoms with E-state index in [9.17, 15) is 5.11 Å². The lowest BCUT2D eigenvalue weighted by Crippen LogP contribution is -2.30. The minimum Gasteiger partial charge on any atom is -0.507 e. The van der Waals surface area contributed by atoms with Gasteiger partial charge in [0.15, 0.2) is 0 Å². The van der Waals surface area contributed by atoms with Gasteiger partial charge in [0, 0.05) is 41.9 Å². The zero-order valence-electron chi connectivity index (χ0n) is 14.1. The van der Waals surface area contributed by atoms with Gasteiger partial charge in [0.1, 0.15) is 11.4 Å². The van der Waals surface area contributed by atoms with Crippen molar-refractivity contribution in [3.05, 3.63) is 36.8 Å². The number of aromatic hydroxyl groups is 1. The Kier molecular flexibility index (Phi) is 3.23. The molecule has 1 aromatic carbocycles. The molecule has 0 unspecified atom stereocenters. The van der Waals surface area contributed by atoms with Crippen LogP contribution < -0.4 is 10.6 Å². The molecule has 0 bridgehead atoms. The molecule has 1 spiro atoms. The largest absolute Gasteiger partial charge is 0.507 e. The Morgan fingerprint density at radius 2 is 2.08 bits per heavy atom. The zero-order valence-corrected chi connectivity index (χ0v) is 14.1. The summed E-state index contributed by atoms with van der Waals surface area (Å²) in [4.78, 5) is 6.56. The van der Waals surface area contributed by atoms with Crippen molar-refractivity contribution in [2.24, 2.45) is 11.1 Å². The van der Waals surface area contributed by atoms with E-state index in [1.807, 2.05) is 12.1 Å². The maximum Gasteiger partial charge on any atom is 0.245 e. The van der Waals surface area contributed by atoms with E-state index < -0.39 is 0 Å². The summed E-state index contributed by atoms with van der Waals surface area (Å²) in [6.45, 7) is 1.67. The number of H-pyrrole nitrogens is 1. The number of anilines is 1. The molecule has 2 aromatic heterocycles. The molecule has 3 heterocycles. The molecule has 4 N–H and O–H groups in total. The number of hydrogen-bond donors (Lipinski definition) is 3. The van der Waals surface area contributed by atoms with Crippen molar-refractivity contribution in [1.82, 2.24) is 25.4 Å². The molecular formula is C18H19N7O. The average molecular weight is 349 g/mol. The molecule has 2 aliphatic rings. The highest BCUT2D eigenvalue weighted by atomic mass is 16.3. The third kappa shape index (κ3) is 2.41. The van der Waals surface area contributed by atoms with Gasteiger partial charge < -0.3 is 15.7 Å². The first-order valence-corrected chi connectivity index (χ1v) is 8.67. The summed E-state index contributed by atoms with van der Waals surface area (Å²) in [5.74, 6) is 0.732. The third-order valence-corrected chi connectivity index (χ3v) is 5.54. The lowest BCUT2D eigenvalue weighted by Gasteiger charge is -2.15. The molecule has 132 valence electrons. The molecule has 1 aliphatic carbocycles. The topological polar surface area (TPSA) is 117 Å². The van der Waals surface area contributed by atoms with E-state index >= 15 is 0 Å². The monoisotopic (exact) mass is 349 g/mol. The summed E-state index contributed by atoms with van der Waals surface area (Å²) in [7, 11) is 0. The second-order valence-electron chi connectivity index (χ2n) is 7.21. The Labute approximate surface area is 150 Å². The number of phenols is 1. The molecule has 0 amide bonds. The first-order valence-electron chi connectivity index (χ1n) is 8.67. The fraction of sp³-hybridized carbons (Fsp3) is 0.333. The van der Waals surface area contributed by atoms with Gasteiger partial charge in [-0.3, -0.25) is 5.10 Å². The molecule has 0 radical (unpaired) electrons. The van der Waals surface area contributed by atoms with Crippen LogP contribution >= 0.6 is 0 Å². The highest BCUT2D eigenvalue weighted by Crippen LogP contribution is 2.52. The van der Waals surface area contributed by atoms with Crippen LogP contribution in [0.4, 0.5) is 5.95 Å². The van der Waals surface area contributed by atoms with Crippen molar-refractivity contribution >= 4 is 5.95 Å². The Balaban J connectivity index is 1.39. The number of nitrogens with two attached hydrogens (primary N) is 1. The molecule has 8 nitrogen and oxygen atoms in total. The Morgan fingerprint density at radius 1 is 1.19 bits per heavy atom. The van der Waals surface area contributed by atoms with E-state index in [4.69, 9.17) is 5.73 Å². The molecule has 2 fully saturated rings. The van der Waals surface area contributed by atoms with Gasteiger partial charge in [-0.05, 0) is 30.5 Å². The average Bonchev–Trinajstić information content (AvgIpc) is 3.09. The molecule has 1 aliphatic heterocycles. The van der Waals surface area contributed by atoms with Crippen molar-refractivity contribution in [1.29, 1.82) is 0 Å². The number of nitrogens with zero attached hydrogens (tertiary/aromatic N) is 5. The standard InChI is InChI=1S/C18H19N7O/c19-16-9-25(10-18(16)3-4-18)17-20-8-14(23-24-17)13-2-1-11(5-15(13)26)12-6-21-22-7-12/h1-2,5-8,16,26H,3-4,9-10,19H2,(H,21,22)/t16-/m1/s1. The van der Waals surface area contributed by atoms with Crippen molar-refractivity contribution in [2.45, 2.75) is 18.9 Å². The number of rotatable bonds is 3. The second-order valence-corrected chi connectivity index (χ2v) is 7.21. The summed E-state index contributed by atoms with van der Waals surface area (Å²) < 4.78 is 0. The second kappa shape index (κ2) is 5.50. The van der Waals surface area contributed by atoms with Gasteiger partial charge in [-0.15, -0.1) is 10.2 Å². The lowest BCUT2D eigenvalue weighted by atomic mass is 10.0. The van der Waals surface area contributed by atoms with Crippen LogP contribution in [0.3, 0.4) is 0 Å². The van der Waals surface area contributed by atoms with Gasteiger partial charge in [-0.2, -0.15) is 5.10 Å². The fourth-order valence-corrected chi connectivity index (χ4v) is 3.71. The van der Waals surface area contributed by atoms with E-state index in [2.05, 4.69) is 30.3 Å². The van der Waals surface area contributed by atoms with Crippen LogP contribution in [0, 0.1) is 5.41 Å². The van der Waals surface area contributed by atoms with Gasteiger partial charge in [-0.1, -0.05) is 6.07 Å². The predicted molar refractivity (Wildman–Crippen MR) is 96.4 cm³/mol. The van der Waals surface area contributed by atoms with Gasteiger partial charge in [0.2, 0.25) is 5.95 Å². The van der Waals surface area contributed by atoms with Gasteiger partial charge in [0.05, 0.1) is 12.4 Å². The summed E-state index contributed by atoms with van der Waals surface area (Å²) in [5, 5.41) is 25.6. The third-order valence-electron chi connectivity index (χ3n) is 5.54. The Morgan fingerprint density at radius 3 is 2.69 bits per heavy atom. The van der Waals surface area contributed by atoms with Crippen LogP contribution in [0.15, 0.2) is 36.8 Å². The van der Waals surface area contributed by atoms with Crippen molar-refractivity contribution in [2.75, 3.05) is 18.0 Å². The summed E-state index contributed by atoms with van der Waals surface area (Å²) in [5.41, 5.74) is 9.42. The van der Waals surface area contributed by atoms with Crippen LogP contribution in [0.25, 0.3) is 22.4 Å². The molecule has 5 rings (SSSR count). The van der Waals surface area contributed by atoms with Crippen molar-refractivity contribution in [3.63, 3.8) is 0 Å². The van der Waals surface area contributed by atoms with Gasteiger partial charge in [-0.25, -0.2) is 4.98 Å². The van der Waals surface area contributed by atoms with Gasteiger partial charge in [0.25, 0.3) is 0 Å². The minimum absolute atomic E-state index is 0.132. The fourth-order valence-electron chi connectivity index (χ4n) is 3.71. The van der Waals surface area contributed by atoms with Crippen LogP contribution in [-0.2, 0) is 0 Å². The summed E-state index contributed by atoms with van der Waals surface area (Å²) in [6.07, 6.45) is 7.51. The van der Waals surface area contributed by atoms with E-state index in [0.29, 0.717) is 17.2 Å². The highest BCUT2D eigenvalue weighted by Gasteiger charge is 2.54. The highest BCUT2D eigenvalue weighted by molar-refractivity contribution is 5.73. The zero-order chi connectivity index (χ0) is 17.7. The van der Waals surface area contributed by atoms with Crippen molar-refractivity contribution < 1.29 is 5.11 Å². The quantitative estimate of drug-likeness (QED) is 0.657. The number of nitrogens with one attached hydrogen (secondary N) is 1. The minimum atomic E-state index is 0.132. The summed E-state index contributed by atoms with van der Waals surface area (Å²) in [6, 6.07) is 5.59. The van der Waals surface area contributed by atoms with Crippen LogP contribution in [-0.4, -0.2) is 49.6 Å². The smallest absolute Gasteiger partial charge is 0.245 e. The molecule has 1 saturated heterocycles. The van der Waals surface area contributed by atoms with E-state index in [-0.39, 0.29) is 17.2 Å². The molecule has 3 aromatic rings. The maximum atomic E-state index is 10.4. The maximum absolute atomic E-state index is 10.4. The summed E-state index contributed by atoms with van der Waals surface area (Å²) >= 11 is 0. The van der Waals surface area contributed by atoms with Crippen molar-refractivity contribution in [3.8, 4) is 28.1 Å². The number of hydrogen-bond acceptors (Lipinski definition) is 7. The van der Waals surface area contributed by atoms with E-state index in [0.717, 1.165) is 24.2 Å². The number of benzene rings is 1. The lowest BCUT2D eigenvalue weighted by molar-refractivity contribution is 0.477. The Hall–Kier alpha value is -3.00.